The molecule has 0 saturated heterocycles. The van der Waals surface area contributed by atoms with Gasteiger partial charge in [0.25, 0.3) is 0 Å². The minimum absolute atomic E-state index is 0.0437. The van der Waals surface area contributed by atoms with Crippen molar-refractivity contribution >= 4 is 11.9 Å². The molecule has 0 aromatic heterocycles. The zero-order valence-corrected chi connectivity index (χ0v) is 18.0. The maximum atomic E-state index is 11.7. The minimum atomic E-state index is -0.186. The van der Waals surface area contributed by atoms with Crippen molar-refractivity contribution in [3.05, 3.63) is 12.2 Å². The zero-order valence-electron chi connectivity index (χ0n) is 18.0. The van der Waals surface area contributed by atoms with Gasteiger partial charge in [-0.1, -0.05) is 20.4 Å². The van der Waals surface area contributed by atoms with E-state index >= 15 is 0 Å². The molecular weight excluding hydrogens is 352 g/mol. The van der Waals surface area contributed by atoms with E-state index < -0.39 is 0 Å². The highest BCUT2D eigenvalue weighted by atomic mass is 16.5. The van der Waals surface area contributed by atoms with E-state index in [1.165, 1.54) is 33.1 Å². The average Bonchev–Trinajstić information content (AvgIpc) is 2.85. The molecule has 156 valence electrons. The van der Waals surface area contributed by atoms with Gasteiger partial charge in [-0.3, -0.25) is 9.59 Å². The minimum Gasteiger partial charge on any atom is -0.463 e. The molecule has 0 aromatic rings. The summed E-state index contributed by atoms with van der Waals surface area (Å²) >= 11 is 0. The highest BCUT2D eigenvalue weighted by Crippen LogP contribution is 2.67. The first kappa shape index (κ1) is 20.0. The monoisotopic (exact) mass is 388 g/mol. The van der Waals surface area contributed by atoms with E-state index in [1.807, 2.05) is 0 Å². The van der Waals surface area contributed by atoms with Crippen LogP contribution in [-0.2, 0) is 19.1 Å². The number of esters is 2. The third-order valence-electron chi connectivity index (χ3n) is 9.12. The summed E-state index contributed by atoms with van der Waals surface area (Å²) in [4.78, 5) is 23.1. The average molecular weight is 389 g/mol. The molecule has 0 spiro atoms. The fraction of sp³-hybridized carbons (Fsp3) is 0.833. The first-order valence-electron chi connectivity index (χ1n) is 11.2. The predicted molar refractivity (Wildman–Crippen MR) is 107 cm³/mol. The van der Waals surface area contributed by atoms with Crippen LogP contribution in [0.2, 0.25) is 0 Å². The lowest BCUT2D eigenvalue weighted by Gasteiger charge is -2.60. The summed E-state index contributed by atoms with van der Waals surface area (Å²) in [6.07, 6.45) is 9.01. The molecule has 0 amide bonds. The molecule has 4 nitrogen and oxygen atoms in total. The van der Waals surface area contributed by atoms with Crippen molar-refractivity contribution in [3.63, 3.8) is 0 Å². The Balaban J connectivity index is 1.54. The fourth-order valence-corrected chi connectivity index (χ4v) is 7.86. The number of hydrogen-bond donors (Lipinski definition) is 0. The van der Waals surface area contributed by atoms with Crippen LogP contribution < -0.4 is 0 Å². The SMILES string of the molecule is C=C1C[C@H]2[C@@H]3CC[C@H]4C[C@@H](OC(C)=O)CC[C@]4(C)[C@H]3CC[C@]2(C)[C@H]1OC(C)=O. The number of carbonyl (C=O) groups is 2. The normalized spacial score (nSPS) is 47.5. The molecular formula is C24H36O4. The molecule has 4 aliphatic rings. The second-order valence-corrected chi connectivity index (χ2v) is 10.6. The van der Waals surface area contributed by atoms with Gasteiger partial charge in [0.2, 0.25) is 0 Å². The van der Waals surface area contributed by atoms with Gasteiger partial charge in [-0.15, -0.1) is 0 Å². The molecule has 0 unspecified atom stereocenters. The van der Waals surface area contributed by atoms with Crippen LogP contribution >= 0.6 is 0 Å². The molecule has 0 heterocycles. The molecule has 0 N–H and O–H groups in total. The lowest BCUT2D eigenvalue weighted by Crippen LogP contribution is -2.54. The summed E-state index contributed by atoms with van der Waals surface area (Å²) in [7, 11) is 0. The van der Waals surface area contributed by atoms with Crippen LogP contribution in [0.4, 0.5) is 0 Å². The molecule has 4 saturated carbocycles. The van der Waals surface area contributed by atoms with Crippen molar-refractivity contribution in [1.29, 1.82) is 0 Å². The van der Waals surface area contributed by atoms with Crippen LogP contribution in [-0.4, -0.2) is 24.1 Å². The Morgan fingerprint density at radius 3 is 2.29 bits per heavy atom. The van der Waals surface area contributed by atoms with Crippen LogP contribution in [0.5, 0.6) is 0 Å². The molecule has 4 aliphatic carbocycles. The molecule has 4 fully saturated rings. The topological polar surface area (TPSA) is 52.6 Å². The van der Waals surface area contributed by atoms with E-state index in [0.29, 0.717) is 23.2 Å². The zero-order chi connectivity index (χ0) is 20.3. The third-order valence-corrected chi connectivity index (χ3v) is 9.12. The van der Waals surface area contributed by atoms with Crippen LogP contribution in [0.15, 0.2) is 12.2 Å². The van der Waals surface area contributed by atoms with E-state index in [0.717, 1.165) is 43.6 Å². The molecule has 28 heavy (non-hydrogen) atoms. The van der Waals surface area contributed by atoms with E-state index in [2.05, 4.69) is 20.4 Å². The first-order valence-corrected chi connectivity index (χ1v) is 11.2. The lowest BCUT2D eigenvalue weighted by molar-refractivity contribution is -0.166. The maximum Gasteiger partial charge on any atom is 0.303 e. The maximum absolute atomic E-state index is 11.7. The third kappa shape index (κ3) is 3.02. The second-order valence-electron chi connectivity index (χ2n) is 10.6. The van der Waals surface area contributed by atoms with Crippen molar-refractivity contribution in [2.75, 3.05) is 0 Å². The van der Waals surface area contributed by atoms with Gasteiger partial charge in [0.15, 0.2) is 0 Å². The Morgan fingerprint density at radius 2 is 1.61 bits per heavy atom. The molecule has 0 aliphatic heterocycles. The quantitative estimate of drug-likeness (QED) is 0.490. The van der Waals surface area contributed by atoms with Crippen molar-refractivity contribution in [1.82, 2.24) is 0 Å². The molecule has 0 bridgehead atoms. The first-order chi connectivity index (χ1) is 13.1. The molecule has 4 heteroatoms. The van der Waals surface area contributed by atoms with Gasteiger partial charge < -0.3 is 9.47 Å². The van der Waals surface area contributed by atoms with E-state index in [1.54, 1.807) is 0 Å². The van der Waals surface area contributed by atoms with Gasteiger partial charge in [0.1, 0.15) is 12.2 Å². The summed E-state index contributed by atoms with van der Waals surface area (Å²) in [5.41, 5.74) is 1.51. The molecule has 0 radical (unpaired) electrons. The standard InChI is InChI=1S/C24H36O4/c1-14-12-21-19-7-6-17-13-18(27-15(2)25)8-10-23(17,4)20(19)9-11-24(21,5)22(14)28-16(3)26/h17-22H,1,6-13H2,2-5H3/t17-,18-,19+,20-,21-,22-,23-,24-/m0/s1. The molecule has 0 aromatic carbocycles. The Labute approximate surface area is 169 Å². The van der Waals surface area contributed by atoms with Gasteiger partial charge in [0, 0.05) is 19.3 Å². The van der Waals surface area contributed by atoms with Crippen LogP contribution in [0.1, 0.15) is 79.1 Å². The Hall–Kier alpha value is -1.32. The molecule has 8 atom stereocenters. The van der Waals surface area contributed by atoms with E-state index in [9.17, 15) is 9.59 Å². The van der Waals surface area contributed by atoms with Crippen molar-refractivity contribution in [3.8, 4) is 0 Å². The fourth-order valence-electron chi connectivity index (χ4n) is 7.86. The molecule has 4 rings (SSSR count). The highest BCUT2D eigenvalue weighted by molar-refractivity contribution is 5.67. The van der Waals surface area contributed by atoms with Crippen LogP contribution in [0, 0.1) is 34.5 Å². The predicted octanol–water partition coefficient (Wildman–Crippen LogP) is 5.06. The van der Waals surface area contributed by atoms with Gasteiger partial charge in [-0.05, 0) is 86.0 Å². The second kappa shape index (κ2) is 6.88. The number of rotatable bonds is 2. The summed E-state index contributed by atoms with van der Waals surface area (Å²) in [5.74, 6) is 2.33. The van der Waals surface area contributed by atoms with Crippen LogP contribution in [0.3, 0.4) is 0 Å². The number of ether oxygens (including phenoxy) is 2. The van der Waals surface area contributed by atoms with Crippen molar-refractivity contribution < 1.29 is 19.1 Å². The van der Waals surface area contributed by atoms with Gasteiger partial charge in [-0.25, -0.2) is 0 Å². The van der Waals surface area contributed by atoms with Crippen LogP contribution in [0.25, 0.3) is 0 Å². The number of hydrogen-bond acceptors (Lipinski definition) is 4. The Kier molecular flexibility index (Phi) is 4.91. The number of carbonyl (C=O) groups excluding carboxylic acids is 2. The number of fused-ring (bicyclic) bond motifs is 5. The Bertz CT molecular complexity index is 684. The lowest BCUT2D eigenvalue weighted by atomic mass is 9.45. The van der Waals surface area contributed by atoms with Gasteiger partial charge in [-0.2, -0.15) is 0 Å². The Morgan fingerprint density at radius 1 is 0.929 bits per heavy atom. The summed E-state index contributed by atoms with van der Waals surface area (Å²) in [6, 6.07) is 0. The summed E-state index contributed by atoms with van der Waals surface area (Å²) in [6.45, 7) is 12.2. The van der Waals surface area contributed by atoms with Crippen molar-refractivity contribution in [2.24, 2.45) is 34.5 Å². The van der Waals surface area contributed by atoms with Crippen molar-refractivity contribution in [2.45, 2.75) is 91.3 Å². The largest absolute Gasteiger partial charge is 0.463 e. The smallest absolute Gasteiger partial charge is 0.303 e. The summed E-state index contributed by atoms with van der Waals surface area (Å²) < 4.78 is 11.3. The van der Waals surface area contributed by atoms with E-state index in [-0.39, 0.29) is 29.6 Å². The van der Waals surface area contributed by atoms with Gasteiger partial charge in [0.05, 0.1) is 0 Å². The highest BCUT2D eigenvalue weighted by Gasteiger charge is 2.62. The van der Waals surface area contributed by atoms with Gasteiger partial charge >= 0.3 is 11.9 Å². The summed E-state index contributed by atoms with van der Waals surface area (Å²) in [5, 5.41) is 0. The van der Waals surface area contributed by atoms with E-state index in [4.69, 9.17) is 9.47 Å².